The van der Waals surface area contributed by atoms with Crippen molar-refractivity contribution >= 4 is 5.91 Å². The van der Waals surface area contributed by atoms with Crippen LogP contribution in [0.25, 0.3) is 0 Å². The van der Waals surface area contributed by atoms with Gasteiger partial charge in [-0.2, -0.15) is 0 Å². The maximum Gasteiger partial charge on any atom is 0.261 e. The summed E-state index contributed by atoms with van der Waals surface area (Å²) in [5.41, 5.74) is 6.53. The minimum absolute atomic E-state index is 0.134. The Kier molecular flexibility index (Phi) is 6.21. The van der Waals surface area contributed by atoms with E-state index in [4.69, 9.17) is 10.5 Å². The summed E-state index contributed by atoms with van der Waals surface area (Å²) in [6.07, 6.45) is 0.289. The summed E-state index contributed by atoms with van der Waals surface area (Å²) in [7, 11) is 0. The first kappa shape index (κ1) is 17.5. The average molecular weight is 292 g/mol. The first-order chi connectivity index (χ1) is 9.75. The van der Waals surface area contributed by atoms with Gasteiger partial charge in [0.15, 0.2) is 6.10 Å². The van der Waals surface area contributed by atoms with Crippen LogP contribution in [0.3, 0.4) is 0 Å². The number of hydrogen-bond donors (Lipinski definition) is 2. The largest absolute Gasteiger partial charge is 0.481 e. The number of hydrogen-bond acceptors (Lipinski definition) is 3. The van der Waals surface area contributed by atoms with E-state index in [2.05, 4.69) is 19.2 Å². The summed E-state index contributed by atoms with van der Waals surface area (Å²) >= 11 is 0. The fraction of sp³-hybridized carbons (Fsp3) is 0.588. The van der Waals surface area contributed by atoms with E-state index in [1.54, 1.807) is 6.92 Å². The van der Waals surface area contributed by atoms with E-state index in [1.165, 1.54) is 0 Å². The number of nitrogens with one attached hydrogen (secondary N) is 1. The maximum atomic E-state index is 12.3. The molecule has 0 aliphatic rings. The van der Waals surface area contributed by atoms with Crippen molar-refractivity contribution in [1.82, 2.24) is 5.32 Å². The molecule has 2 atom stereocenters. The van der Waals surface area contributed by atoms with Crippen molar-refractivity contribution in [2.45, 2.75) is 52.7 Å². The molecular weight excluding hydrogens is 264 g/mol. The lowest BCUT2D eigenvalue weighted by Crippen LogP contribution is -2.55. The molecule has 2 unspecified atom stereocenters. The zero-order valence-electron chi connectivity index (χ0n) is 13.8. The van der Waals surface area contributed by atoms with Gasteiger partial charge in [0.2, 0.25) is 0 Å². The number of benzene rings is 1. The molecule has 1 rings (SSSR count). The van der Waals surface area contributed by atoms with Crippen molar-refractivity contribution in [2.75, 3.05) is 6.54 Å². The van der Waals surface area contributed by atoms with E-state index in [1.807, 2.05) is 38.1 Å². The van der Waals surface area contributed by atoms with Gasteiger partial charge in [0.05, 0.1) is 0 Å². The van der Waals surface area contributed by atoms with Gasteiger partial charge in [0.1, 0.15) is 5.75 Å². The van der Waals surface area contributed by atoms with Crippen molar-refractivity contribution in [2.24, 2.45) is 11.7 Å². The Morgan fingerprint density at radius 3 is 2.57 bits per heavy atom. The smallest absolute Gasteiger partial charge is 0.261 e. The van der Waals surface area contributed by atoms with Crippen molar-refractivity contribution in [3.8, 4) is 5.75 Å². The molecule has 0 fully saturated rings. The highest BCUT2D eigenvalue weighted by Gasteiger charge is 2.28. The highest BCUT2D eigenvalue weighted by atomic mass is 16.5. The molecule has 0 heterocycles. The lowest BCUT2D eigenvalue weighted by Gasteiger charge is -2.32. The van der Waals surface area contributed by atoms with Gasteiger partial charge in [-0.3, -0.25) is 4.79 Å². The summed E-state index contributed by atoms with van der Waals surface area (Å²) in [5, 5.41) is 3.02. The van der Waals surface area contributed by atoms with E-state index in [-0.39, 0.29) is 5.91 Å². The average Bonchev–Trinajstić information content (AvgIpc) is 2.37. The molecule has 1 aromatic carbocycles. The third-order valence-electron chi connectivity index (χ3n) is 3.41. The standard InChI is InChI=1S/C17H28N2O2/c1-12(2)10-17(5,11-18)19-16(20)14(4)21-15-8-6-7-13(3)9-15/h6-9,12,14H,10-11,18H2,1-5H3,(H,19,20). The fourth-order valence-corrected chi connectivity index (χ4v) is 2.43. The maximum absolute atomic E-state index is 12.3. The molecule has 0 bridgehead atoms. The van der Waals surface area contributed by atoms with Crippen molar-refractivity contribution < 1.29 is 9.53 Å². The summed E-state index contributed by atoms with van der Waals surface area (Å²) in [6, 6.07) is 7.68. The Morgan fingerprint density at radius 2 is 2.05 bits per heavy atom. The van der Waals surface area contributed by atoms with Gasteiger partial charge >= 0.3 is 0 Å². The number of ether oxygens (including phenoxy) is 1. The molecule has 4 heteroatoms. The Balaban J connectivity index is 2.65. The van der Waals surface area contributed by atoms with Crippen molar-refractivity contribution in [3.05, 3.63) is 29.8 Å². The van der Waals surface area contributed by atoms with E-state index in [0.29, 0.717) is 18.2 Å². The van der Waals surface area contributed by atoms with Crippen molar-refractivity contribution in [1.29, 1.82) is 0 Å². The van der Waals surface area contributed by atoms with Gasteiger partial charge in [-0.25, -0.2) is 0 Å². The van der Waals surface area contributed by atoms with Crippen LogP contribution in [0, 0.1) is 12.8 Å². The monoisotopic (exact) mass is 292 g/mol. The van der Waals surface area contributed by atoms with Gasteiger partial charge in [0.25, 0.3) is 5.91 Å². The SMILES string of the molecule is Cc1cccc(OC(C)C(=O)NC(C)(CN)CC(C)C)c1. The third kappa shape index (κ3) is 5.76. The molecule has 0 saturated carbocycles. The lowest BCUT2D eigenvalue weighted by molar-refractivity contribution is -0.129. The molecule has 0 aromatic heterocycles. The van der Waals surface area contributed by atoms with E-state index < -0.39 is 11.6 Å². The van der Waals surface area contributed by atoms with Crippen LogP contribution in [0.5, 0.6) is 5.75 Å². The van der Waals surface area contributed by atoms with Crippen LogP contribution in [0.1, 0.15) is 39.7 Å². The molecule has 1 aromatic rings. The molecule has 4 nitrogen and oxygen atoms in total. The highest BCUT2D eigenvalue weighted by Crippen LogP contribution is 2.17. The highest BCUT2D eigenvalue weighted by molar-refractivity contribution is 5.81. The fourth-order valence-electron chi connectivity index (χ4n) is 2.43. The van der Waals surface area contributed by atoms with E-state index in [9.17, 15) is 4.79 Å². The Morgan fingerprint density at radius 1 is 1.38 bits per heavy atom. The van der Waals surface area contributed by atoms with Crippen molar-refractivity contribution in [3.63, 3.8) is 0 Å². The number of amides is 1. The number of aryl methyl sites for hydroxylation is 1. The molecule has 0 spiro atoms. The Hall–Kier alpha value is -1.55. The van der Waals surface area contributed by atoms with E-state index in [0.717, 1.165) is 12.0 Å². The minimum atomic E-state index is -0.551. The first-order valence-corrected chi connectivity index (χ1v) is 7.51. The van der Waals surface area contributed by atoms with Crippen LogP contribution in [-0.4, -0.2) is 24.1 Å². The number of carbonyl (C=O) groups excluding carboxylic acids is 1. The zero-order valence-corrected chi connectivity index (χ0v) is 13.8. The van der Waals surface area contributed by atoms with Crippen LogP contribution in [0.2, 0.25) is 0 Å². The summed E-state index contributed by atoms with van der Waals surface area (Å²) in [5.74, 6) is 1.04. The topological polar surface area (TPSA) is 64.3 Å². The number of nitrogens with two attached hydrogens (primary N) is 1. The molecule has 0 aliphatic heterocycles. The van der Waals surface area contributed by atoms with Gasteiger partial charge in [-0.1, -0.05) is 26.0 Å². The first-order valence-electron chi connectivity index (χ1n) is 7.51. The summed E-state index contributed by atoms with van der Waals surface area (Å²) < 4.78 is 5.70. The molecule has 0 aliphatic carbocycles. The van der Waals surface area contributed by atoms with E-state index >= 15 is 0 Å². The molecule has 3 N–H and O–H groups in total. The molecule has 118 valence electrons. The predicted octanol–water partition coefficient (Wildman–Crippen LogP) is 2.64. The quantitative estimate of drug-likeness (QED) is 0.812. The van der Waals surface area contributed by atoms with Gasteiger partial charge in [-0.05, 0) is 50.8 Å². The van der Waals surface area contributed by atoms with Crippen LogP contribution in [-0.2, 0) is 4.79 Å². The van der Waals surface area contributed by atoms with Gasteiger partial charge in [-0.15, -0.1) is 0 Å². The summed E-state index contributed by atoms with van der Waals surface area (Å²) in [4.78, 5) is 12.3. The zero-order chi connectivity index (χ0) is 16.0. The predicted molar refractivity (Wildman–Crippen MR) is 86.3 cm³/mol. The molecule has 0 radical (unpaired) electrons. The number of rotatable bonds is 7. The van der Waals surface area contributed by atoms with Crippen LogP contribution >= 0.6 is 0 Å². The summed E-state index contributed by atoms with van der Waals surface area (Å²) in [6.45, 7) is 10.4. The third-order valence-corrected chi connectivity index (χ3v) is 3.41. The van der Waals surface area contributed by atoms with Gasteiger partial charge in [0, 0.05) is 12.1 Å². The second-order valence-electron chi connectivity index (χ2n) is 6.43. The molecular formula is C17H28N2O2. The second kappa shape index (κ2) is 7.46. The number of carbonyl (C=O) groups is 1. The second-order valence-corrected chi connectivity index (χ2v) is 6.43. The minimum Gasteiger partial charge on any atom is -0.481 e. The lowest BCUT2D eigenvalue weighted by atomic mass is 9.90. The Bertz CT molecular complexity index is 474. The van der Waals surface area contributed by atoms with Crippen LogP contribution < -0.4 is 15.8 Å². The molecule has 1 amide bonds. The van der Waals surface area contributed by atoms with Crippen LogP contribution in [0.15, 0.2) is 24.3 Å². The Labute approximate surface area is 128 Å². The molecule has 21 heavy (non-hydrogen) atoms. The molecule has 0 saturated heterocycles. The van der Waals surface area contributed by atoms with Gasteiger partial charge < -0.3 is 15.8 Å². The van der Waals surface area contributed by atoms with Crippen LogP contribution in [0.4, 0.5) is 0 Å². The normalized spacial score (nSPS) is 15.4.